The molecule has 28 heteroatoms. The summed E-state index contributed by atoms with van der Waals surface area (Å²) in [6, 6.07) is 42.2. The van der Waals surface area contributed by atoms with Gasteiger partial charge in [0.1, 0.15) is 42.0 Å². The van der Waals surface area contributed by atoms with Gasteiger partial charge in [-0.15, -0.1) is 0 Å². The van der Waals surface area contributed by atoms with Crippen LogP contribution in [0, 0.1) is 79.1 Å². The molecule has 0 spiro atoms. The van der Waals surface area contributed by atoms with Crippen LogP contribution in [0.2, 0.25) is 0 Å². The number of piperidine rings is 1. The Morgan fingerprint density at radius 2 is 0.803 bits per heavy atom. The summed E-state index contributed by atoms with van der Waals surface area (Å²) in [6.07, 6.45) is 17.9. The zero-order valence-electron chi connectivity index (χ0n) is 87.3. The average molecular weight is 2000 g/mol. The molecule has 8 heterocycles. The fraction of sp³-hybridized carbons (Fsp3) is 0.395. The SMILES string of the molecule is CC(=O)C[C@H](NC(=O)CN1C(=O)CCc2cccc(CC3CC3)c21)c1cncc(-c2c(C)cccc2C)c1.CC(=O)C[C@H](NC(=O)[C@H](CC(C)C)N1Cc2ccccc2C1=O)c1cncc(-c2c(C)cccc2C)c1.CC(=O)C[C@H](NC(=O)[C@H](CC(C)C)n1ccc(C(F)(F)F)cc1=O)c1cncc(-c2c(C)cccc2C)c1.Cc1cccc(C)c1-c1cncc([C@H](CC(=O)O)NC(=O)C(CC(C)C)N2CCCCC2=O)c1. The number of aromatic nitrogens is 5. The second kappa shape index (κ2) is 50.5. The topological polar surface area (TPSA) is 339 Å². The van der Waals surface area contributed by atoms with Crippen molar-refractivity contribution in [1.82, 2.24) is 55.6 Å². The summed E-state index contributed by atoms with van der Waals surface area (Å²) in [4.78, 5) is 176. The molecule has 4 aliphatic rings. The predicted octanol–water partition coefficient (Wildman–Crippen LogP) is 21.4. The summed E-state index contributed by atoms with van der Waals surface area (Å²) in [5.41, 5.74) is 22.2. The van der Waals surface area contributed by atoms with Crippen molar-refractivity contribution in [3.8, 4) is 44.5 Å². The predicted molar refractivity (Wildman–Crippen MR) is 564 cm³/mol. The molecule has 1 saturated heterocycles. The van der Waals surface area contributed by atoms with Gasteiger partial charge in [-0.25, -0.2) is 0 Å². The molecule has 6 aromatic carbocycles. The Hall–Kier alpha value is -14.6. The number of nitrogens with one attached hydrogen (secondary N) is 4. The van der Waals surface area contributed by atoms with Crippen LogP contribution in [0.5, 0.6) is 0 Å². The van der Waals surface area contributed by atoms with Crippen LogP contribution in [0.1, 0.15) is 275 Å². The number of carboxylic acids is 1. The number of halogens is 3. The maximum Gasteiger partial charge on any atom is 0.416 e. The molecule has 0 radical (unpaired) electrons. The van der Waals surface area contributed by atoms with E-state index < -0.39 is 71.5 Å². The molecule has 5 N–H and O–H groups in total. The van der Waals surface area contributed by atoms with Crippen molar-refractivity contribution >= 4 is 70.4 Å². The van der Waals surface area contributed by atoms with E-state index in [1.54, 1.807) is 51.9 Å². The first-order valence-corrected chi connectivity index (χ1v) is 50.8. The number of likely N-dealkylation sites (tertiary alicyclic amines) is 1. The van der Waals surface area contributed by atoms with E-state index in [2.05, 4.69) is 111 Å². The first-order valence-electron chi connectivity index (χ1n) is 50.8. The third-order valence-corrected chi connectivity index (χ3v) is 27.3. The van der Waals surface area contributed by atoms with E-state index >= 15 is 0 Å². The van der Waals surface area contributed by atoms with Gasteiger partial charge in [-0.3, -0.25) is 77.5 Å². The van der Waals surface area contributed by atoms with E-state index in [9.17, 15) is 75.8 Å². The lowest BCUT2D eigenvalue weighted by molar-refractivity contribution is -0.144. The smallest absolute Gasteiger partial charge is 0.416 e. The lowest BCUT2D eigenvalue weighted by atomic mass is 9.94. The van der Waals surface area contributed by atoms with Gasteiger partial charge in [-0.05, 0) is 300 Å². The zero-order chi connectivity index (χ0) is 107. The molecule has 147 heavy (non-hydrogen) atoms. The van der Waals surface area contributed by atoms with Gasteiger partial charge in [0.15, 0.2) is 0 Å². The van der Waals surface area contributed by atoms with Crippen molar-refractivity contribution in [2.45, 2.75) is 269 Å². The molecular weight excluding hydrogens is 1860 g/mol. The van der Waals surface area contributed by atoms with Gasteiger partial charge < -0.3 is 45.6 Å². The number of ketones is 3. The van der Waals surface area contributed by atoms with E-state index in [-0.39, 0.29) is 109 Å². The molecular formula is C119H137F3N12O13. The van der Waals surface area contributed by atoms with E-state index in [0.29, 0.717) is 73.9 Å². The number of anilines is 1. The largest absolute Gasteiger partial charge is 0.481 e. The van der Waals surface area contributed by atoms with Crippen LogP contribution in [0.25, 0.3) is 44.5 Å². The number of pyridine rings is 5. The Bertz CT molecular complexity index is 6660. The number of carboxylic acid groups (broad SMARTS) is 1. The van der Waals surface area contributed by atoms with Crippen molar-refractivity contribution in [3.05, 3.63) is 312 Å². The van der Waals surface area contributed by atoms with Crippen molar-refractivity contribution in [1.29, 1.82) is 0 Å². The second-order valence-electron chi connectivity index (χ2n) is 41.0. The van der Waals surface area contributed by atoms with Crippen molar-refractivity contribution in [2.75, 3.05) is 18.0 Å². The Kier molecular flexibility index (Phi) is 38.2. The highest BCUT2D eigenvalue weighted by Crippen LogP contribution is 2.42. The summed E-state index contributed by atoms with van der Waals surface area (Å²) in [5.74, 6) is -1.79. The third-order valence-electron chi connectivity index (χ3n) is 27.3. The van der Waals surface area contributed by atoms with Crippen LogP contribution in [0.15, 0.2) is 212 Å². The number of amides is 7. The van der Waals surface area contributed by atoms with E-state index in [1.807, 2.05) is 179 Å². The van der Waals surface area contributed by atoms with Crippen LogP contribution < -0.4 is 31.7 Å². The first kappa shape index (κ1) is 111. The summed E-state index contributed by atoms with van der Waals surface area (Å²) in [5, 5.41) is 21.5. The number of hydrogen-bond acceptors (Lipinski definition) is 16. The minimum atomic E-state index is -4.67. The van der Waals surface area contributed by atoms with Gasteiger partial charge in [0.2, 0.25) is 35.4 Å². The van der Waals surface area contributed by atoms with Crippen LogP contribution in [0.4, 0.5) is 18.9 Å². The molecule has 7 amide bonds. The fourth-order valence-corrected chi connectivity index (χ4v) is 20.2. The van der Waals surface area contributed by atoms with Gasteiger partial charge in [0, 0.05) is 135 Å². The van der Waals surface area contributed by atoms with Crippen LogP contribution in [-0.2, 0) is 73.5 Å². The molecule has 3 aliphatic heterocycles. The molecule has 5 aromatic heterocycles. The second-order valence-corrected chi connectivity index (χ2v) is 41.0. The number of fused-ring (bicyclic) bond motifs is 2. The average Bonchev–Trinajstić information content (AvgIpc) is 1.66. The highest BCUT2D eigenvalue weighted by Gasteiger charge is 2.41. The van der Waals surface area contributed by atoms with Crippen LogP contribution in [-0.4, -0.2) is 129 Å². The number of aryl methyl sites for hydroxylation is 9. The van der Waals surface area contributed by atoms with E-state index in [4.69, 9.17) is 0 Å². The number of alkyl halides is 3. The number of hydrogen-bond donors (Lipinski definition) is 5. The molecule has 0 bridgehead atoms. The number of Topliss-reactive ketones (excluding diaryl/α,β-unsaturated/α-hetero) is 3. The normalized spacial score (nSPS) is 14.8. The molecule has 1 aliphatic carbocycles. The number of benzene rings is 6. The molecule has 1 saturated carbocycles. The van der Waals surface area contributed by atoms with Crippen LogP contribution in [0.3, 0.4) is 0 Å². The van der Waals surface area contributed by atoms with Gasteiger partial charge >= 0.3 is 12.1 Å². The number of rotatable bonds is 36. The Morgan fingerprint density at radius 3 is 1.18 bits per heavy atom. The summed E-state index contributed by atoms with van der Waals surface area (Å²) in [6.45, 7) is 33.4. The fourth-order valence-electron chi connectivity index (χ4n) is 20.2. The maximum absolute atomic E-state index is 13.8. The Morgan fingerprint density at radius 1 is 0.422 bits per heavy atom. The monoisotopic (exact) mass is 2000 g/mol. The lowest BCUT2D eigenvalue weighted by Gasteiger charge is -2.35. The van der Waals surface area contributed by atoms with E-state index in [0.717, 1.165) is 159 Å². The molecule has 1 unspecified atom stereocenters. The summed E-state index contributed by atoms with van der Waals surface area (Å²) >= 11 is 0. The van der Waals surface area contributed by atoms with Crippen molar-refractivity contribution in [3.63, 3.8) is 0 Å². The molecule has 11 aromatic rings. The third kappa shape index (κ3) is 29.7. The van der Waals surface area contributed by atoms with Gasteiger partial charge in [0.25, 0.3) is 11.5 Å². The molecule has 7 atom stereocenters. The zero-order valence-corrected chi connectivity index (χ0v) is 87.3. The number of aliphatic carboxylic acids is 1. The summed E-state index contributed by atoms with van der Waals surface area (Å²) in [7, 11) is 0. The molecule has 15 rings (SSSR count). The highest BCUT2D eigenvalue weighted by atomic mass is 19.4. The standard InChI is InChI=1S/C32H35N3O3.C31H35N3O3.C29H32F3N3O3.C27H35N3O4/c1-20-6-4-7-21(2)31(20)27-16-26(17-33-18-27)28(14-22(3)36)34-29(37)19-35-30(38)13-12-24-8-5-9-25(32(24)35)15-23-10-11-23;1-19(2)13-28(34-18-23-11-6-7-12-26(23)31(34)37)30(36)33-27(14-22(5)35)24-15-25(17-32-16-24)29-20(3)9-8-10-21(29)4;1-17(2)11-25(35-10-9-23(14-26(35)37)29(30,31)32)28(38)34-24(12-20(5)36)21-13-22(16-33-15-21)27-18(3)7-6-8-19(27)4;1-17(2)12-23(30-11-6-5-10-24(30)31)27(34)29-22(14-25(32)33)20-13-21(16-28-15-20)26-18(3)8-7-9-19(26)4/h4-9,16-18,23,28H,10-15,19H2,1-3H3,(H,34,37);6-12,15-17,19,27-28H,13-14,18H2,1-5H3,(H,33,36);6-10,13-17,24-25H,11-12H2,1-5H3,(H,34,38);7-9,13,15-17,22-23H,5-6,10-12,14H2,1-4H3,(H,29,34)(H,32,33)/t28-;27-,28-;24-,25-;22-,23?/m0000/s1. The summed E-state index contributed by atoms with van der Waals surface area (Å²) < 4.78 is 40.3. The maximum atomic E-state index is 13.8. The van der Waals surface area contributed by atoms with Gasteiger partial charge in [0.05, 0.1) is 41.8 Å². The number of carbonyl (C=O) groups is 11. The van der Waals surface area contributed by atoms with Gasteiger partial charge in [-0.2, -0.15) is 13.2 Å². The quantitative estimate of drug-likeness (QED) is 0.0243. The van der Waals surface area contributed by atoms with Gasteiger partial charge in [-0.1, -0.05) is 151 Å². The minimum Gasteiger partial charge on any atom is -0.481 e. The molecule has 25 nitrogen and oxygen atoms in total. The Balaban J connectivity index is 0.000000174. The minimum absolute atomic E-state index is 0.0134. The number of carbonyl (C=O) groups excluding carboxylic acids is 10. The van der Waals surface area contributed by atoms with E-state index in [1.165, 1.54) is 33.6 Å². The van der Waals surface area contributed by atoms with Crippen molar-refractivity contribution < 1.29 is 71.0 Å². The number of nitrogens with zero attached hydrogens (tertiary/aromatic N) is 8. The van der Waals surface area contributed by atoms with Crippen LogP contribution >= 0.6 is 0 Å². The number of para-hydroxylation sites is 1. The lowest BCUT2D eigenvalue weighted by Crippen LogP contribution is -2.52. The first-order chi connectivity index (χ1) is 69.9. The molecule has 2 fully saturated rings. The molecule has 772 valence electrons. The highest BCUT2D eigenvalue weighted by molar-refractivity contribution is 6.03. The Labute approximate surface area is 859 Å². The van der Waals surface area contributed by atoms with Crippen molar-refractivity contribution in [2.24, 2.45) is 23.7 Å².